The van der Waals surface area contributed by atoms with E-state index in [9.17, 15) is 14.0 Å². The van der Waals surface area contributed by atoms with Crippen molar-refractivity contribution in [3.63, 3.8) is 0 Å². The summed E-state index contributed by atoms with van der Waals surface area (Å²) in [5.74, 6) is 2.84. The molecule has 4 heterocycles. The highest BCUT2D eigenvalue weighted by Crippen LogP contribution is 2.60. The maximum atomic E-state index is 14.9. The van der Waals surface area contributed by atoms with E-state index in [1.807, 2.05) is 36.4 Å². The van der Waals surface area contributed by atoms with Gasteiger partial charge in [-0.2, -0.15) is 0 Å². The van der Waals surface area contributed by atoms with Crippen molar-refractivity contribution in [3.05, 3.63) is 76.7 Å². The first-order valence-electron chi connectivity index (χ1n) is 14.9. The molecule has 3 atom stereocenters. The van der Waals surface area contributed by atoms with Crippen molar-refractivity contribution in [1.82, 2.24) is 14.8 Å². The Kier molecular flexibility index (Phi) is 7.15. The molecule has 218 valence electrons. The fourth-order valence-corrected chi connectivity index (χ4v) is 6.63. The van der Waals surface area contributed by atoms with Crippen LogP contribution in [0.25, 0.3) is 0 Å². The number of nitrogens with one attached hydrogen (secondary N) is 1. The Bertz CT molecular complexity index is 1540. The predicted octanol–water partition coefficient (Wildman–Crippen LogP) is 4.71. The van der Waals surface area contributed by atoms with Gasteiger partial charge in [0.05, 0.1) is 0 Å². The van der Waals surface area contributed by atoms with Gasteiger partial charge in [0.15, 0.2) is 0 Å². The van der Waals surface area contributed by atoms with Gasteiger partial charge < -0.3 is 19.7 Å². The molecular formula is C33H35FN4O4. The average molecular weight is 571 g/mol. The lowest BCUT2D eigenvalue weighted by Crippen LogP contribution is -2.45. The molecule has 7 rings (SSSR count). The summed E-state index contributed by atoms with van der Waals surface area (Å²) >= 11 is 0. The van der Waals surface area contributed by atoms with Crippen LogP contribution in [0.2, 0.25) is 0 Å². The molecule has 1 amide bonds. The number of halogens is 1. The molecule has 1 saturated carbocycles. The third-order valence-corrected chi connectivity index (χ3v) is 9.09. The minimum atomic E-state index is -0.232. The van der Waals surface area contributed by atoms with Crippen LogP contribution in [0.3, 0.4) is 0 Å². The van der Waals surface area contributed by atoms with Gasteiger partial charge in [0.2, 0.25) is 5.91 Å². The molecule has 8 nitrogen and oxygen atoms in total. The van der Waals surface area contributed by atoms with Crippen molar-refractivity contribution in [3.8, 4) is 17.2 Å². The number of benzene rings is 2. The monoisotopic (exact) mass is 570 g/mol. The first kappa shape index (κ1) is 27.0. The lowest BCUT2D eigenvalue weighted by molar-refractivity contribution is -0.119. The molecule has 1 saturated heterocycles. The Labute approximate surface area is 244 Å². The van der Waals surface area contributed by atoms with Gasteiger partial charge in [-0.25, -0.2) is 9.37 Å². The number of amides is 1. The molecule has 2 fully saturated rings. The van der Waals surface area contributed by atoms with E-state index in [0.717, 1.165) is 55.2 Å². The highest BCUT2D eigenvalue weighted by atomic mass is 19.1. The topological polar surface area (TPSA) is 84.0 Å². The number of aromatic nitrogens is 1. The van der Waals surface area contributed by atoms with E-state index in [2.05, 4.69) is 27.0 Å². The Balaban J connectivity index is 0.953. The SMILES string of the molecule is CCN1CCN(Cc2ccc(CC(=O)C[C@@H]3[C@H]4Oc5ccc(Oc6ccnc7c6CCC(=O)N7)cc5[C@@H]34)cc2F)CC1. The number of hydrogen-bond acceptors (Lipinski definition) is 7. The number of carbonyl (C=O) groups excluding carboxylic acids is 2. The average Bonchev–Trinajstić information content (AvgIpc) is 3.50. The Morgan fingerprint density at radius 2 is 1.93 bits per heavy atom. The number of ether oxygens (including phenoxy) is 2. The van der Waals surface area contributed by atoms with Crippen LogP contribution in [-0.2, 0) is 29.0 Å². The molecule has 1 aliphatic carbocycles. The summed E-state index contributed by atoms with van der Waals surface area (Å²) in [5.41, 5.74) is 3.35. The van der Waals surface area contributed by atoms with Crippen LogP contribution in [0.1, 0.15) is 47.9 Å². The molecular weight excluding hydrogens is 535 g/mol. The van der Waals surface area contributed by atoms with Crippen molar-refractivity contribution in [2.24, 2.45) is 5.92 Å². The summed E-state index contributed by atoms with van der Waals surface area (Å²) in [7, 11) is 0. The number of fused-ring (bicyclic) bond motifs is 4. The van der Waals surface area contributed by atoms with Gasteiger partial charge in [-0.1, -0.05) is 19.1 Å². The van der Waals surface area contributed by atoms with Crippen LogP contribution in [0.5, 0.6) is 17.2 Å². The number of anilines is 1. The normalized spacial score (nSPS) is 22.9. The summed E-state index contributed by atoms with van der Waals surface area (Å²) in [5, 5.41) is 2.80. The van der Waals surface area contributed by atoms with Gasteiger partial charge >= 0.3 is 0 Å². The molecule has 0 bridgehead atoms. The van der Waals surface area contributed by atoms with Crippen LogP contribution < -0.4 is 14.8 Å². The fourth-order valence-electron chi connectivity index (χ4n) is 6.63. The molecule has 4 aliphatic rings. The predicted molar refractivity (Wildman–Crippen MR) is 155 cm³/mol. The standard InChI is InChI=1S/C33H35FN4O4/c1-2-37-11-13-38(14-12-37)19-21-4-3-20(16-27(21)34)15-22(39)17-26-31-25-18-23(5-7-28(25)42-32(26)31)41-29-9-10-35-33-24(29)6-8-30(40)36-33/h3-5,7,9-10,16,18,26,31-32H,2,6,8,11-15,17,19H2,1H3,(H,35,36,40)/t26-,31-,32+/m0/s1. The molecule has 3 aromatic rings. The van der Waals surface area contributed by atoms with Crippen LogP contribution in [0, 0.1) is 11.7 Å². The van der Waals surface area contributed by atoms with Gasteiger partial charge in [-0.3, -0.25) is 14.5 Å². The zero-order chi connectivity index (χ0) is 28.8. The van der Waals surface area contributed by atoms with Crippen molar-refractivity contribution >= 4 is 17.5 Å². The highest BCUT2D eigenvalue weighted by Gasteiger charge is 2.59. The minimum absolute atomic E-state index is 0.00427. The molecule has 0 spiro atoms. The third kappa shape index (κ3) is 5.39. The Morgan fingerprint density at radius 3 is 2.74 bits per heavy atom. The molecule has 1 N–H and O–H groups in total. The fraction of sp³-hybridized carbons (Fsp3) is 0.424. The molecule has 42 heavy (non-hydrogen) atoms. The Morgan fingerprint density at radius 1 is 1.10 bits per heavy atom. The zero-order valence-electron chi connectivity index (χ0n) is 23.8. The second kappa shape index (κ2) is 11.1. The van der Waals surface area contributed by atoms with Crippen LogP contribution in [0.15, 0.2) is 48.7 Å². The van der Waals surface area contributed by atoms with Gasteiger partial charge in [0.1, 0.15) is 40.8 Å². The highest BCUT2D eigenvalue weighted by molar-refractivity contribution is 5.93. The number of rotatable bonds is 9. The summed E-state index contributed by atoms with van der Waals surface area (Å²) in [6.07, 6.45) is 3.24. The molecule has 2 aromatic carbocycles. The second-order valence-corrected chi connectivity index (χ2v) is 11.8. The van der Waals surface area contributed by atoms with Crippen LogP contribution in [0.4, 0.5) is 10.2 Å². The molecule has 0 unspecified atom stereocenters. The summed E-state index contributed by atoms with van der Waals surface area (Å²) in [4.78, 5) is 33.7. The van der Waals surface area contributed by atoms with E-state index in [-0.39, 0.29) is 41.9 Å². The van der Waals surface area contributed by atoms with Crippen LogP contribution >= 0.6 is 0 Å². The number of ketones is 1. The molecule has 1 aromatic heterocycles. The Hall–Kier alpha value is -3.82. The largest absolute Gasteiger partial charge is 0.489 e. The van der Waals surface area contributed by atoms with E-state index in [4.69, 9.17) is 9.47 Å². The first-order chi connectivity index (χ1) is 20.4. The van der Waals surface area contributed by atoms with E-state index in [1.165, 1.54) is 6.07 Å². The number of piperazine rings is 1. The van der Waals surface area contributed by atoms with E-state index in [0.29, 0.717) is 48.7 Å². The molecule has 3 aliphatic heterocycles. The van der Waals surface area contributed by atoms with E-state index in [1.54, 1.807) is 6.20 Å². The van der Waals surface area contributed by atoms with Crippen molar-refractivity contribution in [2.75, 3.05) is 38.0 Å². The van der Waals surface area contributed by atoms with Crippen molar-refractivity contribution in [2.45, 2.75) is 51.2 Å². The number of likely N-dealkylation sites (N-methyl/N-ethyl adjacent to an activating group) is 1. The molecule has 9 heteroatoms. The smallest absolute Gasteiger partial charge is 0.225 e. The maximum absolute atomic E-state index is 14.9. The lowest BCUT2D eigenvalue weighted by Gasteiger charge is -2.34. The number of Topliss-reactive ketones (excluding diaryl/α,β-unsaturated/α-hetero) is 1. The third-order valence-electron chi connectivity index (χ3n) is 9.09. The summed E-state index contributed by atoms with van der Waals surface area (Å²) in [6, 6.07) is 12.9. The van der Waals surface area contributed by atoms with Gasteiger partial charge in [0.25, 0.3) is 0 Å². The summed E-state index contributed by atoms with van der Waals surface area (Å²) in [6.45, 7) is 7.75. The van der Waals surface area contributed by atoms with E-state index < -0.39 is 0 Å². The number of nitrogens with zero attached hydrogens (tertiary/aromatic N) is 3. The maximum Gasteiger partial charge on any atom is 0.225 e. The van der Waals surface area contributed by atoms with Gasteiger partial charge in [-0.05, 0) is 48.9 Å². The van der Waals surface area contributed by atoms with E-state index >= 15 is 0 Å². The zero-order valence-corrected chi connectivity index (χ0v) is 23.8. The van der Waals surface area contributed by atoms with Gasteiger partial charge in [-0.15, -0.1) is 0 Å². The molecule has 0 radical (unpaired) electrons. The van der Waals surface area contributed by atoms with Crippen molar-refractivity contribution < 1.29 is 23.5 Å². The van der Waals surface area contributed by atoms with Crippen molar-refractivity contribution in [1.29, 1.82) is 0 Å². The number of pyridine rings is 1. The lowest BCUT2D eigenvalue weighted by atomic mass is 10.0. The number of hydrogen-bond donors (Lipinski definition) is 1. The second-order valence-electron chi connectivity index (χ2n) is 11.8. The quantitative estimate of drug-likeness (QED) is 0.399. The summed E-state index contributed by atoms with van der Waals surface area (Å²) < 4.78 is 27.3. The number of carbonyl (C=O) groups is 2. The van der Waals surface area contributed by atoms with Gasteiger partial charge in [0, 0.05) is 86.7 Å². The van der Waals surface area contributed by atoms with Crippen LogP contribution in [-0.4, -0.2) is 65.3 Å². The minimum Gasteiger partial charge on any atom is -0.489 e. The first-order valence-corrected chi connectivity index (χ1v) is 14.9.